The minimum Gasteiger partial charge on any atom is -0.364 e. The molecule has 1 heterocycles. The van der Waals surface area contributed by atoms with E-state index in [-0.39, 0.29) is 5.56 Å². The van der Waals surface area contributed by atoms with Crippen LogP contribution in [0, 0.1) is 0 Å². The van der Waals surface area contributed by atoms with Gasteiger partial charge in [-0.15, -0.1) is 0 Å². The van der Waals surface area contributed by atoms with Crippen molar-refractivity contribution in [2.75, 3.05) is 25.0 Å². The molecule has 5 heteroatoms. The van der Waals surface area contributed by atoms with Crippen LogP contribution in [0.25, 0.3) is 0 Å². The first-order valence-electron chi connectivity index (χ1n) is 6.29. The summed E-state index contributed by atoms with van der Waals surface area (Å²) in [6.07, 6.45) is 5.46. The van der Waals surface area contributed by atoms with Crippen LogP contribution in [-0.2, 0) is 6.54 Å². The summed E-state index contributed by atoms with van der Waals surface area (Å²) in [5, 5.41) is 6.33. The monoisotopic (exact) mass is 238 g/mol. The minimum atomic E-state index is -0.0372. The number of aromatic nitrogens is 2. The third-order valence-electron chi connectivity index (χ3n) is 2.40. The fourth-order valence-corrected chi connectivity index (χ4v) is 1.56. The van der Waals surface area contributed by atoms with Crippen LogP contribution in [0.5, 0.6) is 0 Å². The van der Waals surface area contributed by atoms with Gasteiger partial charge in [0.2, 0.25) is 0 Å². The third kappa shape index (κ3) is 4.56. The third-order valence-corrected chi connectivity index (χ3v) is 2.40. The van der Waals surface area contributed by atoms with Crippen LogP contribution in [-0.4, -0.2) is 29.2 Å². The van der Waals surface area contributed by atoms with Gasteiger partial charge >= 0.3 is 0 Å². The summed E-state index contributed by atoms with van der Waals surface area (Å²) in [7, 11) is 0. The molecule has 5 nitrogen and oxygen atoms in total. The van der Waals surface area contributed by atoms with E-state index in [4.69, 9.17) is 0 Å². The average Bonchev–Trinajstić information content (AvgIpc) is 2.33. The SMILES string of the molecule is CCCNCCNc1nccn(CCC)c1=O. The summed E-state index contributed by atoms with van der Waals surface area (Å²) in [5.41, 5.74) is -0.0372. The number of anilines is 1. The molecular formula is C12H22N4O. The molecule has 96 valence electrons. The molecule has 0 aliphatic carbocycles. The van der Waals surface area contributed by atoms with Crippen molar-refractivity contribution in [2.45, 2.75) is 33.2 Å². The number of hydrogen-bond acceptors (Lipinski definition) is 4. The smallest absolute Gasteiger partial charge is 0.293 e. The summed E-state index contributed by atoms with van der Waals surface area (Å²) < 4.78 is 1.69. The zero-order valence-corrected chi connectivity index (χ0v) is 10.7. The van der Waals surface area contributed by atoms with Crippen LogP contribution >= 0.6 is 0 Å². The molecule has 0 atom stereocenters. The van der Waals surface area contributed by atoms with Crippen LogP contribution in [0.15, 0.2) is 17.2 Å². The van der Waals surface area contributed by atoms with Gasteiger partial charge in [0.1, 0.15) is 0 Å². The van der Waals surface area contributed by atoms with E-state index in [1.807, 2.05) is 0 Å². The zero-order chi connectivity index (χ0) is 12.5. The fraction of sp³-hybridized carbons (Fsp3) is 0.667. The van der Waals surface area contributed by atoms with Crippen molar-refractivity contribution in [2.24, 2.45) is 0 Å². The van der Waals surface area contributed by atoms with E-state index in [1.165, 1.54) is 0 Å². The molecule has 0 spiro atoms. The second-order valence-electron chi connectivity index (χ2n) is 3.95. The molecule has 0 fully saturated rings. The number of rotatable bonds is 8. The van der Waals surface area contributed by atoms with Crippen molar-refractivity contribution in [3.8, 4) is 0 Å². The Morgan fingerprint density at radius 2 is 2.06 bits per heavy atom. The summed E-state index contributed by atoms with van der Waals surface area (Å²) in [6.45, 7) is 7.49. The molecule has 0 saturated carbocycles. The van der Waals surface area contributed by atoms with Gasteiger partial charge < -0.3 is 15.2 Å². The van der Waals surface area contributed by atoms with Gasteiger partial charge in [-0.3, -0.25) is 4.79 Å². The molecule has 0 saturated heterocycles. The average molecular weight is 238 g/mol. The predicted octanol–water partition coefficient (Wildman–Crippen LogP) is 1.06. The van der Waals surface area contributed by atoms with E-state index >= 15 is 0 Å². The van der Waals surface area contributed by atoms with Crippen LogP contribution in [0.4, 0.5) is 5.82 Å². The highest BCUT2D eigenvalue weighted by Crippen LogP contribution is 1.93. The molecule has 0 bridgehead atoms. The van der Waals surface area contributed by atoms with Crippen molar-refractivity contribution < 1.29 is 0 Å². The van der Waals surface area contributed by atoms with E-state index in [9.17, 15) is 4.79 Å². The van der Waals surface area contributed by atoms with E-state index in [0.717, 1.165) is 39.0 Å². The Kier molecular flexibility index (Phi) is 6.32. The van der Waals surface area contributed by atoms with Gasteiger partial charge in [0.15, 0.2) is 5.82 Å². The van der Waals surface area contributed by atoms with Crippen LogP contribution in [0.1, 0.15) is 26.7 Å². The lowest BCUT2D eigenvalue weighted by Gasteiger charge is -2.08. The largest absolute Gasteiger partial charge is 0.364 e. The Labute approximate surface area is 102 Å². The normalized spacial score (nSPS) is 10.5. The maximum atomic E-state index is 11.9. The predicted molar refractivity (Wildman–Crippen MR) is 70.4 cm³/mol. The van der Waals surface area contributed by atoms with Gasteiger partial charge in [-0.1, -0.05) is 13.8 Å². The molecule has 2 N–H and O–H groups in total. The van der Waals surface area contributed by atoms with Gasteiger partial charge in [-0.2, -0.15) is 0 Å². The van der Waals surface area contributed by atoms with Crippen LogP contribution < -0.4 is 16.2 Å². The van der Waals surface area contributed by atoms with Crippen molar-refractivity contribution in [1.29, 1.82) is 0 Å². The summed E-state index contributed by atoms with van der Waals surface area (Å²) in [4.78, 5) is 16.0. The van der Waals surface area contributed by atoms with E-state index in [2.05, 4.69) is 29.5 Å². The minimum absolute atomic E-state index is 0.0372. The standard InChI is InChI=1S/C12H22N4O/c1-3-5-13-6-7-14-11-12(17)16(9-4-2)10-8-15-11/h8,10,13H,3-7,9H2,1-2H3,(H,14,15). The van der Waals surface area contributed by atoms with E-state index in [0.29, 0.717) is 5.82 Å². The Bertz CT molecular complexity index is 375. The van der Waals surface area contributed by atoms with Crippen molar-refractivity contribution in [3.05, 3.63) is 22.7 Å². The topological polar surface area (TPSA) is 59.0 Å². The molecule has 1 rings (SSSR count). The van der Waals surface area contributed by atoms with Gasteiger partial charge in [0.25, 0.3) is 5.56 Å². The Balaban J connectivity index is 2.48. The number of nitrogens with one attached hydrogen (secondary N) is 2. The fourth-order valence-electron chi connectivity index (χ4n) is 1.56. The van der Waals surface area contributed by atoms with E-state index in [1.54, 1.807) is 17.0 Å². The van der Waals surface area contributed by atoms with Crippen molar-refractivity contribution in [1.82, 2.24) is 14.9 Å². The Morgan fingerprint density at radius 3 is 2.76 bits per heavy atom. The molecule has 0 radical (unpaired) electrons. The lowest BCUT2D eigenvalue weighted by Crippen LogP contribution is -2.28. The molecular weight excluding hydrogens is 216 g/mol. The maximum Gasteiger partial charge on any atom is 0.293 e. The Hall–Kier alpha value is -1.36. The molecule has 0 aliphatic heterocycles. The number of nitrogens with zero attached hydrogens (tertiary/aromatic N) is 2. The number of hydrogen-bond donors (Lipinski definition) is 2. The van der Waals surface area contributed by atoms with Gasteiger partial charge in [-0.05, 0) is 19.4 Å². The second-order valence-corrected chi connectivity index (χ2v) is 3.95. The first kappa shape index (κ1) is 13.7. The molecule has 0 aliphatic rings. The Morgan fingerprint density at radius 1 is 1.24 bits per heavy atom. The summed E-state index contributed by atoms with van der Waals surface area (Å²) >= 11 is 0. The van der Waals surface area contributed by atoms with Gasteiger partial charge in [0.05, 0.1) is 0 Å². The number of aryl methyl sites for hydroxylation is 1. The molecule has 0 unspecified atom stereocenters. The molecule has 0 aromatic carbocycles. The first-order valence-corrected chi connectivity index (χ1v) is 6.29. The van der Waals surface area contributed by atoms with Crippen LogP contribution in [0.2, 0.25) is 0 Å². The molecule has 17 heavy (non-hydrogen) atoms. The molecule has 0 amide bonds. The molecule has 1 aromatic rings. The summed E-state index contributed by atoms with van der Waals surface area (Å²) in [5.74, 6) is 0.444. The maximum absolute atomic E-state index is 11.9. The molecule has 1 aromatic heterocycles. The quantitative estimate of drug-likeness (QED) is 0.665. The summed E-state index contributed by atoms with van der Waals surface area (Å²) in [6, 6.07) is 0. The highest BCUT2D eigenvalue weighted by Gasteiger charge is 2.02. The van der Waals surface area contributed by atoms with Crippen LogP contribution in [0.3, 0.4) is 0 Å². The lowest BCUT2D eigenvalue weighted by atomic mass is 10.4. The van der Waals surface area contributed by atoms with E-state index < -0.39 is 0 Å². The van der Waals surface area contributed by atoms with Gasteiger partial charge in [0, 0.05) is 32.0 Å². The zero-order valence-electron chi connectivity index (χ0n) is 10.7. The highest BCUT2D eigenvalue weighted by atomic mass is 16.1. The first-order chi connectivity index (χ1) is 8.29. The van der Waals surface area contributed by atoms with Crippen molar-refractivity contribution in [3.63, 3.8) is 0 Å². The lowest BCUT2D eigenvalue weighted by molar-refractivity contribution is 0.647. The second kappa shape index (κ2) is 7.84. The van der Waals surface area contributed by atoms with Gasteiger partial charge in [-0.25, -0.2) is 4.98 Å². The highest BCUT2D eigenvalue weighted by molar-refractivity contribution is 5.30. The van der Waals surface area contributed by atoms with Crippen molar-refractivity contribution >= 4 is 5.82 Å².